The van der Waals surface area contributed by atoms with Gasteiger partial charge in [0, 0.05) is 25.7 Å². The smallest absolute Gasteiger partial charge is 0.321 e. The number of hydrogen-bond donors (Lipinski definition) is 1. The number of aliphatic carboxylic acids is 1. The van der Waals surface area contributed by atoms with E-state index in [1.807, 2.05) is 18.2 Å². The maximum atomic E-state index is 11.9. The number of morpholine rings is 1. The normalized spacial score (nSPS) is 27.9. The van der Waals surface area contributed by atoms with Gasteiger partial charge >= 0.3 is 5.97 Å². The molecule has 2 fully saturated rings. The molecule has 0 spiro atoms. The summed E-state index contributed by atoms with van der Waals surface area (Å²) in [5.74, 6) is -0.500. The number of ether oxygens (including phenoxy) is 1. The number of hydrogen-bond acceptors (Lipinski definition) is 4. The van der Waals surface area contributed by atoms with Crippen LogP contribution >= 0.6 is 0 Å². The summed E-state index contributed by atoms with van der Waals surface area (Å²) in [5, 5.41) is 9.79. The second-order valence-corrected chi connectivity index (χ2v) is 6.57. The summed E-state index contributed by atoms with van der Waals surface area (Å²) in [5.41, 5.74) is 1.19. The van der Waals surface area contributed by atoms with Crippen LogP contribution in [0.1, 0.15) is 24.9 Å². The first-order valence-corrected chi connectivity index (χ1v) is 8.50. The zero-order chi connectivity index (χ0) is 16.2. The van der Waals surface area contributed by atoms with Gasteiger partial charge in [0.1, 0.15) is 6.04 Å². The Labute approximate surface area is 137 Å². The highest BCUT2D eigenvalue weighted by atomic mass is 16.5. The van der Waals surface area contributed by atoms with E-state index in [0.29, 0.717) is 0 Å². The topological polar surface area (TPSA) is 53.0 Å². The Morgan fingerprint density at radius 2 is 1.96 bits per heavy atom. The molecule has 0 radical (unpaired) electrons. The fourth-order valence-electron chi connectivity index (χ4n) is 3.89. The highest BCUT2D eigenvalue weighted by molar-refractivity contribution is 5.74. The molecule has 23 heavy (non-hydrogen) atoms. The third-order valence-corrected chi connectivity index (χ3v) is 5.19. The number of carboxylic acids is 1. The van der Waals surface area contributed by atoms with Crippen LogP contribution in [0.5, 0.6) is 0 Å². The van der Waals surface area contributed by atoms with Gasteiger partial charge in [0.25, 0.3) is 0 Å². The number of carbonyl (C=O) groups is 1. The fourth-order valence-corrected chi connectivity index (χ4v) is 3.89. The standard InChI is InChI=1S/C18H26N2O3/c1-14(15-5-3-2-4-6-15)20-8-7-16(17(20)18(21)22)13-19-9-11-23-12-10-19/h2-6,14,16-17H,7-13H2,1H3,(H,21,22)/t14-,16-,17-/m0/s1. The van der Waals surface area contributed by atoms with Gasteiger partial charge in [-0.15, -0.1) is 0 Å². The Balaban J connectivity index is 1.70. The van der Waals surface area contributed by atoms with Crippen LogP contribution < -0.4 is 0 Å². The number of carboxylic acid groups (broad SMARTS) is 1. The molecule has 126 valence electrons. The maximum Gasteiger partial charge on any atom is 0.321 e. The molecular formula is C18H26N2O3. The molecule has 1 aromatic carbocycles. The summed E-state index contributed by atoms with van der Waals surface area (Å²) in [4.78, 5) is 16.4. The lowest BCUT2D eigenvalue weighted by Crippen LogP contribution is -2.46. The molecule has 2 aliphatic rings. The quantitative estimate of drug-likeness (QED) is 0.898. The minimum Gasteiger partial charge on any atom is -0.480 e. The highest BCUT2D eigenvalue weighted by Crippen LogP contribution is 2.33. The van der Waals surface area contributed by atoms with Crippen molar-refractivity contribution in [3.63, 3.8) is 0 Å². The predicted octanol–water partition coefficient (Wildman–Crippen LogP) is 1.85. The van der Waals surface area contributed by atoms with Crippen molar-refractivity contribution in [3.8, 4) is 0 Å². The van der Waals surface area contributed by atoms with Crippen molar-refractivity contribution in [1.29, 1.82) is 0 Å². The summed E-state index contributed by atoms with van der Waals surface area (Å²) >= 11 is 0. The molecule has 2 heterocycles. The molecule has 2 aliphatic heterocycles. The highest BCUT2D eigenvalue weighted by Gasteiger charge is 2.42. The van der Waals surface area contributed by atoms with Gasteiger partial charge < -0.3 is 9.84 Å². The molecule has 5 heteroatoms. The fraction of sp³-hybridized carbons (Fsp3) is 0.611. The van der Waals surface area contributed by atoms with Crippen molar-refractivity contribution >= 4 is 5.97 Å². The minimum absolute atomic E-state index is 0.131. The first kappa shape index (κ1) is 16.4. The van der Waals surface area contributed by atoms with Crippen LogP contribution in [-0.2, 0) is 9.53 Å². The molecule has 0 bridgehead atoms. The van der Waals surface area contributed by atoms with Gasteiger partial charge in [-0.2, -0.15) is 0 Å². The molecule has 0 amide bonds. The van der Waals surface area contributed by atoms with E-state index in [0.717, 1.165) is 45.8 Å². The summed E-state index contributed by atoms with van der Waals surface area (Å²) in [6.45, 7) is 7.17. The van der Waals surface area contributed by atoms with Crippen molar-refractivity contribution < 1.29 is 14.6 Å². The molecule has 0 aromatic heterocycles. The molecule has 3 atom stereocenters. The molecule has 3 rings (SSSR count). The van der Waals surface area contributed by atoms with Crippen LogP contribution in [0.4, 0.5) is 0 Å². The van der Waals surface area contributed by atoms with Gasteiger partial charge in [-0.25, -0.2) is 0 Å². The van der Waals surface area contributed by atoms with Crippen LogP contribution in [0.2, 0.25) is 0 Å². The number of nitrogens with zero attached hydrogens (tertiary/aromatic N) is 2. The van der Waals surface area contributed by atoms with Gasteiger partial charge in [0.2, 0.25) is 0 Å². The van der Waals surface area contributed by atoms with E-state index in [9.17, 15) is 9.90 Å². The Kier molecular flexibility index (Phi) is 5.30. The van der Waals surface area contributed by atoms with Crippen molar-refractivity contribution in [3.05, 3.63) is 35.9 Å². The number of benzene rings is 1. The van der Waals surface area contributed by atoms with E-state index in [-0.39, 0.29) is 12.0 Å². The Hall–Kier alpha value is -1.43. The van der Waals surface area contributed by atoms with Crippen LogP contribution in [0.3, 0.4) is 0 Å². The SMILES string of the molecule is C[C@@H](c1ccccc1)N1CC[C@@H](CN2CCOCC2)[C@H]1C(=O)O. The lowest BCUT2D eigenvalue weighted by Gasteiger charge is -2.33. The van der Waals surface area contributed by atoms with E-state index >= 15 is 0 Å². The van der Waals surface area contributed by atoms with Crippen LogP contribution in [0.25, 0.3) is 0 Å². The molecule has 0 saturated carbocycles. The largest absolute Gasteiger partial charge is 0.480 e. The third-order valence-electron chi connectivity index (χ3n) is 5.19. The maximum absolute atomic E-state index is 11.9. The zero-order valence-corrected chi connectivity index (χ0v) is 13.7. The van der Waals surface area contributed by atoms with Crippen LogP contribution in [-0.4, -0.2) is 66.3 Å². The second kappa shape index (κ2) is 7.43. The molecule has 0 unspecified atom stereocenters. The summed E-state index contributed by atoms with van der Waals surface area (Å²) in [6.07, 6.45) is 0.950. The average Bonchev–Trinajstić information content (AvgIpc) is 2.99. The summed E-state index contributed by atoms with van der Waals surface area (Å²) in [7, 11) is 0. The average molecular weight is 318 g/mol. The third kappa shape index (κ3) is 3.74. The van der Waals surface area contributed by atoms with Crippen molar-refractivity contribution in [2.75, 3.05) is 39.4 Å². The van der Waals surface area contributed by atoms with Crippen LogP contribution in [0, 0.1) is 5.92 Å². The minimum atomic E-state index is -0.691. The first-order valence-electron chi connectivity index (χ1n) is 8.50. The van der Waals surface area contributed by atoms with Gasteiger partial charge in [-0.1, -0.05) is 30.3 Å². The molecule has 2 saturated heterocycles. The van der Waals surface area contributed by atoms with E-state index in [4.69, 9.17) is 4.74 Å². The predicted molar refractivity (Wildman–Crippen MR) is 88.4 cm³/mol. The molecule has 0 aliphatic carbocycles. The Morgan fingerprint density at radius 3 is 2.61 bits per heavy atom. The molecule has 5 nitrogen and oxygen atoms in total. The lowest BCUT2D eigenvalue weighted by atomic mass is 9.98. The number of rotatable bonds is 5. The van der Waals surface area contributed by atoms with Gasteiger partial charge in [0.05, 0.1) is 13.2 Å². The van der Waals surface area contributed by atoms with Gasteiger partial charge in [-0.3, -0.25) is 14.6 Å². The molecule has 1 N–H and O–H groups in total. The monoisotopic (exact) mass is 318 g/mol. The van der Waals surface area contributed by atoms with Gasteiger partial charge in [-0.05, 0) is 31.4 Å². The van der Waals surface area contributed by atoms with E-state index in [1.54, 1.807) is 0 Å². The Morgan fingerprint density at radius 1 is 1.26 bits per heavy atom. The van der Waals surface area contributed by atoms with Crippen molar-refractivity contribution in [1.82, 2.24) is 9.80 Å². The van der Waals surface area contributed by atoms with Gasteiger partial charge in [0.15, 0.2) is 0 Å². The molecular weight excluding hydrogens is 292 g/mol. The first-order chi connectivity index (χ1) is 11.2. The van der Waals surface area contributed by atoms with Crippen molar-refractivity contribution in [2.24, 2.45) is 5.92 Å². The van der Waals surface area contributed by atoms with Crippen LogP contribution in [0.15, 0.2) is 30.3 Å². The van der Waals surface area contributed by atoms with Crippen molar-refractivity contribution in [2.45, 2.75) is 25.4 Å². The Bertz CT molecular complexity index is 516. The summed E-state index contributed by atoms with van der Waals surface area (Å²) < 4.78 is 5.39. The number of likely N-dealkylation sites (tertiary alicyclic amines) is 1. The summed E-state index contributed by atoms with van der Waals surface area (Å²) in [6, 6.07) is 9.93. The van der Waals surface area contributed by atoms with E-state index < -0.39 is 12.0 Å². The molecule has 1 aromatic rings. The van der Waals surface area contributed by atoms with E-state index in [1.165, 1.54) is 5.56 Å². The zero-order valence-electron chi connectivity index (χ0n) is 13.7. The second-order valence-electron chi connectivity index (χ2n) is 6.57. The van der Waals surface area contributed by atoms with E-state index in [2.05, 4.69) is 28.9 Å². The lowest BCUT2D eigenvalue weighted by molar-refractivity contribution is -0.144.